The summed E-state index contributed by atoms with van der Waals surface area (Å²) in [6, 6.07) is 10.4. The zero-order valence-electron chi connectivity index (χ0n) is 10.2. The van der Waals surface area contributed by atoms with Crippen molar-refractivity contribution in [1.29, 1.82) is 0 Å². The smallest absolute Gasteiger partial charge is 0.303 e. The highest BCUT2D eigenvalue weighted by Gasteiger charge is 2.01. The van der Waals surface area contributed by atoms with Crippen LogP contribution in [-0.2, 0) is 4.79 Å². The molecule has 0 atom stereocenters. The molecule has 1 aromatic heterocycles. The quantitative estimate of drug-likeness (QED) is 0.588. The van der Waals surface area contributed by atoms with Crippen LogP contribution in [0.1, 0.15) is 25.7 Å². The van der Waals surface area contributed by atoms with E-state index in [1.165, 1.54) is 15.9 Å². The molecule has 0 unspecified atom stereocenters. The number of rotatable bonds is 7. The summed E-state index contributed by atoms with van der Waals surface area (Å²) in [7, 11) is 0. The molecule has 1 aromatic carbocycles. The standard InChI is InChI=1S/C14H17NO2S/c16-14(17)8-2-1-5-9-18-13-10-11-6-3-4-7-12(11)15-13/h3-4,6-7,10,15H,1-2,5,8-9H2,(H,16,17). The predicted molar refractivity (Wildman–Crippen MR) is 75.1 cm³/mol. The number of aliphatic carboxylic acids is 1. The van der Waals surface area contributed by atoms with Gasteiger partial charge in [-0.1, -0.05) is 24.6 Å². The van der Waals surface area contributed by atoms with Crippen LogP contribution in [0.25, 0.3) is 10.9 Å². The van der Waals surface area contributed by atoms with E-state index in [-0.39, 0.29) is 6.42 Å². The third kappa shape index (κ3) is 3.81. The van der Waals surface area contributed by atoms with Crippen LogP contribution in [0.15, 0.2) is 35.4 Å². The number of hydrogen-bond donors (Lipinski definition) is 2. The van der Waals surface area contributed by atoms with Crippen molar-refractivity contribution in [2.24, 2.45) is 0 Å². The molecule has 2 aromatic rings. The van der Waals surface area contributed by atoms with Crippen molar-refractivity contribution in [3.63, 3.8) is 0 Å². The van der Waals surface area contributed by atoms with Gasteiger partial charge in [0.25, 0.3) is 0 Å². The van der Waals surface area contributed by atoms with Gasteiger partial charge in [-0.25, -0.2) is 0 Å². The van der Waals surface area contributed by atoms with Crippen molar-refractivity contribution >= 4 is 28.6 Å². The molecular weight excluding hydrogens is 246 g/mol. The Hall–Kier alpha value is -1.42. The van der Waals surface area contributed by atoms with Crippen LogP contribution in [0.5, 0.6) is 0 Å². The molecule has 0 aliphatic carbocycles. The van der Waals surface area contributed by atoms with Crippen molar-refractivity contribution in [3.05, 3.63) is 30.3 Å². The first-order valence-electron chi connectivity index (χ1n) is 6.18. The Morgan fingerprint density at radius 3 is 2.83 bits per heavy atom. The van der Waals surface area contributed by atoms with E-state index in [1.54, 1.807) is 11.8 Å². The summed E-state index contributed by atoms with van der Waals surface area (Å²) in [5.74, 6) is 0.338. The lowest BCUT2D eigenvalue weighted by Gasteiger charge is -1.98. The van der Waals surface area contributed by atoms with Crippen LogP contribution in [-0.4, -0.2) is 21.8 Å². The fourth-order valence-corrected chi connectivity index (χ4v) is 2.82. The number of aromatic nitrogens is 1. The second-order valence-corrected chi connectivity index (χ2v) is 5.41. The maximum Gasteiger partial charge on any atom is 0.303 e. The molecule has 1 heterocycles. The largest absolute Gasteiger partial charge is 0.481 e. The Kier molecular flexibility index (Phi) is 4.70. The number of nitrogens with one attached hydrogen (secondary N) is 1. The van der Waals surface area contributed by atoms with Crippen LogP contribution < -0.4 is 0 Å². The highest BCUT2D eigenvalue weighted by molar-refractivity contribution is 7.99. The Labute approximate surface area is 111 Å². The number of carbonyl (C=O) groups is 1. The maximum absolute atomic E-state index is 10.3. The van der Waals surface area contributed by atoms with Crippen LogP contribution >= 0.6 is 11.8 Å². The summed E-state index contributed by atoms with van der Waals surface area (Å²) in [5, 5.41) is 10.9. The highest BCUT2D eigenvalue weighted by Crippen LogP contribution is 2.24. The van der Waals surface area contributed by atoms with Gasteiger partial charge >= 0.3 is 5.97 Å². The molecule has 18 heavy (non-hydrogen) atoms. The predicted octanol–water partition coefficient (Wildman–Crippen LogP) is 3.91. The Balaban J connectivity index is 1.72. The van der Waals surface area contributed by atoms with E-state index in [0.717, 1.165) is 25.0 Å². The van der Waals surface area contributed by atoms with E-state index >= 15 is 0 Å². The molecule has 3 nitrogen and oxygen atoms in total. The number of thioether (sulfide) groups is 1. The van der Waals surface area contributed by atoms with Crippen LogP contribution in [0.2, 0.25) is 0 Å². The van der Waals surface area contributed by atoms with E-state index < -0.39 is 5.97 Å². The minimum absolute atomic E-state index is 0.289. The average Bonchev–Trinajstić information content (AvgIpc) is 2.75. The summed E-state index contributed by atoms with van der Waals surface area (Å²) in [6.45, 7) is 0. The second-order valence-electron chi connectivity index (χ2n) is 4.27. The van der Waals surface area contributed by atoms with Crippen molar-refractivity contribution in [3.8, 4) is 0 Å². The maximum atomic E-state index is 10.3. The number of fused-ring (bicyclic) bond motifs is 1. The zero-order chi connectivity index (χ0) is 12.8. The lowest BCUT2D eigenvalue weighted by Crippen LogP contribution is -1.93. The van der Waals surface area contributed by atoms with Gasteiger partial charge in [0.15, 0.2) is 0 Å². The summed E-state index contributed by atoms with van der Waals surface area (Å²) in [6.07, 6.45) is 3.12. The Morgan fingerprint density at radius 2 is 2.06 bits per heavy atom. The number of carboxylic acid groups (broad SMARTS) is 1. The van der Waals surface area contributed by atoms with E-state index in [4.69, 9.17) is 5.11 Å². The van der Waals surface area contributed by atoms with Gasteiger partial charge in [0, 0.05) is 17.3 Å². The summed E-state index contributed by atoms with van der Waals surface area (Å²) in [5.41, 5.74) is 1.17. The van der Waals surface area contributed by atoms with Gasteiger partial charge in [-0.2, -0.15) is 0 Å². The van der Waals surface area contributed by atoms with Gasteiger partial charge < -0.3 is 10.1 Å². The molecule has 0 spiro atoms. The molecule has 0 fully saturated rings. The van der Waals surface area contributed by atoms with Crippen molar-refractivity contribution in [2.45, 2.75) is 30.7 Å². The van der Waals surface area contributed by atoms with Gasteiger partial charge in [-0.3, -0.25) is 4.79 Å². The SMILES string of the molecule is O=C(O)CCCCCSc1cc2ccccc2[nH]1. The van der Waals surface area contributed by atoms with Gasteiger partial charge in [0.05, 0.1) is 5.03 Å². The van der Waals surface area contributed by atoms with Gasteiger partial charge in [-0.05, 0) is 30.7 Å². The number of para-hydroxylation sites is 1. The number of hydrogen-bond acceptors (Lipinski definition) is 2. The Morgan fingerprint density at radius 1 is 1.22 bits per heavy atom. The molecule has 0 radical (unpaired) electrons. The molecule has 2 N–H and O–H groups in total. The molecule has 0 aliphatic heterocycles. The summed E-state index contributed by atoms with van der Waals surface area (Å²) < 4.78 is 0. The fraction of sp³-hybridized carbons (Fsp3) is 0.357. The van der Waals surface area contributed by atoms with Crippen molar-refractivity contribution in [2.75, 3.05) is 5.75 Å². The first-order chi connectivity index (χ1) is 8.75. The minimum Gasteiger partial charge on any atom is -0.481 e. The third-order valence-corrected chi connectivity index (χ3v) is 3.82. The van der Waals surface area contributed by atoms with Crippen LogP contribution in [0, 0.1) is 0 Å². The first-order valence-corrected chi connectivity index (χ1v) is 7.16. The normalized spacial score (nSPS) is 10.9. The van der Waals surface area contributed by atoms with Crippen molar-refractivity contribution in [1.82, 2.24) is 4.98 Å². The molecule has 0 bridgehead atoms. The van der Waals surface area contributed by atoms with Crippen LogP contribution in [0.3, 0.4) is 0 Å². The lowest BCUT2D eigenvalue weighted by molar-refractivity contribution is -0.137. The molecule has 2 rings (SSSR count). The fourth-order valence-electron chi connectivity index (χ4n) is 1.86. The number of carboxylic acids is 1. The van der Waals surface area contributed by atoms with E-state index in [2.05, 4.69) is 23.2 Å². The molecule has 0 saturated carbocycles. The molecule has 96 valence electrons. The van der Waals surface area contributed by atoms with Gasteiger partial charge in [-0.15, -0.1) is 11.8 Å². The number of benzene rings is 1. The monoisotopic (exact) mass is 263 g/mol. The molecule has 0 aliphatic rings. The number of unbranched alkanes of at least 4 members (excludes halogenated alkanes) is 2. The Bertz CT molecular complexity index is 488. The van der Waals surface area contributed by atoms with E-state index in [9.17, 15) is 4.79 Å². The first kappa shape index (κ1) is 13.0. The lowest BCUT2D eigenvalue weighted by atomic mass is 10.2. The average molecular weight is 263 g/mol. The van der Waals surface area contributed by atoms with Crippen molar-refractivity contribution < 1.29 is 9.90 Å². The topological polar surface area (TPSA) is 53.1 Å². The molecule has 0 saturated heterocycles. The molecular formula is C14H17NO2S. The number of aromatic amines is 1. The molecule has 0 amide bonds. The van der Waals surface area contributed by atoms with E-state index in [0.29, 0.717) is 0 Å². The zero-order valence-corrected chi connectivity index (χ0v) is 11.0. The minimum atomic E-state index is -0.696. The molecule has 4 heteroatoms. The highest BCUT2D eigenvalue weighted by atomic mass is 32.2. The summed E-state index contributed by atoms with van der Waals surface area (Å²) in [4.78, 5) is 13.7. The summed E-state index contributed by atoms with van der Waals surface area (Å²) >= 11 is 1.80. The number of H-pyrrole nitrogens is 1. The van der Waals surface area contributed by atoms with E-state index in [1.807, 2.05) is 12.1 Å². The van der Waals surface area contributed by atoms with Crippen LogP contribution in [0.4, 0.5) is 0 Å². The van der Waals surface area contributed by atoms with Gasteiger partial charge in [0.1, 0.15) is 0 Å². The second kappa shape index (κ2) is 6.50. The van der Waals surface area contributed by atoms with Gasteiger partial charge in [0.2, 0.25) is 0 Å². The third-order valence-electron chi connectivity index (χ3n) is 2.80.